The van der Waals surface area contributed by atoms with Crippen molar-refractivity contribution in [2.75, 3.05) is 13.1 Å². The van der Waals surface area contributed by atoms with Crippen molar-refractivity contribution in [2.24, 2.45) is 0 Å². The molecule has 0 aromatic heterocycles. The Hall–Kier alpha value is -1.84. The molecular weight excluding hydrogens is 252 g/mol. The topological polar surface area (TPSA) is 49.4 Å². The molecule has 0 saturated carbocycles. The SMILES string of the molecule is CCCC(=O)NCCC(=O)N1CCc2ccccc2C1. The number of hydrogen-bond donors (Lipinski definition) is 1. The van der Waals surface area contributed by atoms with E-state index in [0.29, 0.717) is 25.9 Å². The van der Waals surface area contributed by atoms with Crippen LogP contribution in [0.1, 0.15) is 37.3 Å². The summed E-state index contributed by atoms with van der Waals surface area (Å²) in [6, 6.07) is 8.26. The molecule has 0 fully saturated rings. The zero-order valence-electron chi connectivity index (χ0n) is 12.0. The number of benzene rings is 1. The van der Waals surface area contributed by atoms with Gasteiger partial charge in [0, 0.05) is 32.5 Å². The summed E-state index contributed by atoms with van der Waals surface area (Å²) in [6.45, 7) is 3.88. The molecule has 0 bridgehead atoms. The van der Waals surface area contributed by atoms with Crippen molar-refractivity contribution in [1.29, 1.82) is 0 Å². The van der Waals surface area contributed by atoms with E-state index in [1.807, 2.05) is 24.0 Å². The van der Waals surface area contributed by atoms with Gasteiger partial charge in [0.2, 0.25) is 11.8 Å². The van der Waals surface area contributed by atoms with E-state index >= 15 is 0 Å². The number of rotatable bonds is 5. The van der Waals surface area contributed by atoms with E-state index in [1.165, 1.54) is 11.1 Å². The summed E-state index contributed by atoms with van der Waals surface area (Å²) in [5.41, 5.74) is 2.58. The third kappa shape index (κ3) is 3.83. The fraction of sp³-hybridized carbons (Fsp3) is 0.500. The summed E-state index contributed by atoms with van der Waals surface area (Å²) in [6.07, 6.45) is 2.68. The molecule has 1 heterocycles. The number of nitrogens with zero attached hydrogens (tertiary/aromatic N) is 1. The van der Waals surface area contributed by atoms with Gasteiger partial charge in [0.15, 0.2) is 0 Å². The number of hydrogen-bond acceptors (Lipinski definition) is 2. The smallest absolute Gasteiger partial charge is 0.224 e. The molecule has 1 aliphatic heterocycles. The summed E-state index contributed by atoms with van der Waals surface area (Å²) in [5.74, 6) is 0.153. The Kier molecular flexibility index (Phi) is 5.16. The van der Waals surface area contributed by atoms with E-state index in [9.17, 15) is 9.59 Å². The van der Waals surface area contributed by atoms with Crippen molar-refractivity contribution in [1.82, 2.24) is 10.2 Å². The highest BCUT2D eigenvalue weighted by molar-refractivity contribution is 5.79. The monoisotopic (exact) mass is 274 g/mol. The van der Waals surface area contributed by atoms with E-state index in [2.05, 4.69) is 17.4 Å². The van der Waals surface area contributed by atoms with Crippen LogP contribution in [0.25, 0.3) is 0 Å². The second kappa shape index (κ2) is 7.08. The quantitative estimate of drug-likeness (QED) is 0.891. The van der Waals surface area contributed by atoms with Gasteiger partial charge in [-0.05, 0) is 24.0 Å². The van der Waals surface area contributed by atoms with Crippen LogP contribution in [0.5, 0.6) is 0 Å². The average Bonchev–Trinajstić information content (AvgIpc) is 2.47. The lowest BCUT2D eigenvalue weighted by molar-refractivity contribution is -0.132. The van der Waals surface area contributed by atoms with Gasteiger partial charge in [0.25, 0.3) is 0 Å². The molecule has 0 aliphatic carbocycles. The lowest BCUT2D eigenvalue weighted by Gasteiger charge is -2.29. The first-order valence-electron chi connectivity index (χ1n) is 7.32. The van der Waals surface area contributed by atoms with Crippen LogP contribution < -0.4 is 5.32 Å². The number of carbonyl (C=O) groups is 2. The molecule has 4 nitrogen and oxygen atoms in total. The summed E-state index contributed by atoms with van der Waals surface area (Å²) < 4.78 is 0. The Morgan fingerprint density at radius 2 is 1.95 bits per heavy atom. The Balaban J connectivity index is 1.78. The van der Waals surface area contributed by atoms with Crippen LogP contribution in [0.15, 0.2) is 24.3 Å². The predicted molar refractivity (Wildman–Crippen MR) is 78.1 cm³/mol. The van der Waals surface area contributed by atoms with Gasteiger partial charge >= 0.3 is 0 Å². The van der Waals surface area contributed by atoms with Gasteiger partial charge in [-0.2, -0.15) is 0 Å². The first-order chi connectivity index (χ1) is 9.70. The molecule has 0 spiro atoms. The Bertz CT molecular complexity index is 485. The predicted octanol–water partition coefficient (Wildman–Crippen LogP) is 1.88. The first kappa shape index (κ1) is 14.6. The molecule has 0 unspecified atom stereocenters. The lowest BCUT2D eigenvalue weighted by Crippen LogP contribution is -2.38. The van der Waals surface area contributed by atoms with E-state index < -0.39 is 0 Å². The van der Waals surface area contributed by atoms with Crippen molar-refractivity contribution in [3.63, 3.8) is 0 Å². The number of carbonyl (C=O) groups excluding carboxylic acids is 2. The minimum Gasteiger partial charge on any atom is -0.356 e. The van der Waals surface area contributed by atoms with Gasteiger partial charge < -0.3 is 10.2 Å². The molecular formula is C16H22N2O2. The molecule has 1 aromatic carbocycles. The van der Waals surface area contributed by atoms with E-state index in [1.54, 1.807) is 0 Å². The molecule has 2 rings (SSSR count). The Labute approximate surface area is 120 Å². The van der Waals surface area contributed by atoms with Crippen molar-refractivity contribution >= 4 is 11.8 Å². The Morgan fingerprint density at radius 3 is 2.70 bits per heavy atom. The average molecular weight is 274 g/mol. The standard InChI is InChI=1S/C16H22N2O2/c1-2-5-15(19)17-10-8-16(20)18-11-9-13-6-3-4-7-14(13)12-18/h3-4,6-7H,2,5,8-12H2,1H3,(H,17,19). The number of fused-ring (bicyclic) bond motifs is 1. The van der Waals surface area contributed by atoms with Crippen molar-refractivity contribution in [3.05, 3.63) is 35.4 Å². The molecule has 0 saturated heterocycles. The van der Waals surface area contributed by atoms with Crippen LogP contribution in [0.2, 0.25) is 0 Å². The molecule has 108 valence electrons. The second-order valence-corrected chi connectivity index (χ2v) is 5.18. The van der Waals surface area contributed by atoms with E-state index in [-0.39, 0.29) is 11.8 Å². The van der Waals surface area contributed by atoms with Gasteiger partial charge in [-0.15, -0.1) is 0 Å². The first-order valence-corrected chi connectivity index (χ1v) is 7.32. The van der Waals surface area contributed by atoms with Crippen LogP contribution in [-0.2, 0) is 22.6 Å². The number of nitrogens with one attached hydrogen (secondary N) is 1. The third-order valence-electron chi connectivity index (χ3n) is 3.62. The zero-order valence-corrected chi connectivity index (χ0v) is 12.0. The Morgan fingerprint density at radius 1 is 1.20 bits per heavy atom. The maximum atomic E-state index is 12.1. The van der Waals surface area contributed by atoms with Crippen molar-refractivity contribution in [3.8, 4) is 0 Å². The molecule has 4 heteroatoms. The van der Waals surface area contributed by atoms with Crippen molar-refractivity contribution in [2.45, 2.75) is 39.2 Å². The molecule has 2 amide bonds. The lowest BCUT2D eigenvalue weighted by atomic mass is 10.00. The van der Waals surface area contributed by atoms with Gasteiger partial charge in [-0.3, -0.25) is 9.59 Å². The van der Waals surface area contributed by atoms with E-state index in [0.717, 1.165) is 19.4 Å². The van der Waals surface area contributed by atoms with Gasteiger partial charge in [-0.1, -0.05) is 31.2 Å². The largest absolute Gasteiger partial charge is 0.356 e. The fourth-order valence-corrected chi connectivity index (χ4v) is 2.49. The van der Waals surface area contributed by atoms with Gasteiger partial charge in [-0.25, -0.2) is 0 Å². The number of amides is 2. The summed E-state index contributed by atoms with van der Waals surface area (Å²) in [5, 5.41) is 2.79. The summed E-state index contributed by atoms with van der Waals surface area (Å²) in [4.78, 5) is 25.3. The highest BCUT2D eigenvalue weighted by atomic mass is 16.2. The minimum absolute atomic E-state index is 0.0317. The van der Waals surface area contributed by atoms with Crippen LogP contribution >= 0.6 is 0 Å². The van der Waals surface area contributed by atoms with Crippen LogP contribution in [0, 0.1) is 0 Å². The van der Waals surface area contributed by atoms with Crippen LogP contribution in [0.3, 0.4) is 0 Å². The van der Waals surface area contributed by atoms with Gasteiger partial charge in [0.1, 0.15) is 0 Å². The van der Waals surface area contributed by atoms with Gasteiger partial charge in [0.05, 0.1) is 0 Å². The van der Waals surface area contributed by atoms with Crippen LogP contribution in [-0.4, -0.2) is 29.8 Å². The van der Waals surface area contributed by atoms with E-state index in [4.69, 9.17) is 0 Å². The molecule has 20 heavy (non-hydrogen) atoms. The zero-order chi connectivity index (χ0) is 14.4. The third-order valence-corrected chi connectivity index (χ3v) is 3.62. The highest BCUT2D eigenvalue weighted by Gasteiger charge is 2.19. The summed E-state index contributed by atoms with van der Waals surface area (Å²) in [7, 11) is 0. The molecule has 1 N–H and O–H groups in total. The maximum absolute atomic E-state index is 12.1. The molecule has 0 atom stereocenters. The molecule has 0 radical (unpaired) electrons. The fourth-order valence-electron chi connectivity index (χ4n) is 2.49. The second-order valence-electron chi connectivity index (χ2n) is 5.18. The molecule has 1 aliphatic rings. The molecule has 1 aromatic rings. The minimum atomic E-state index is 0.0317. The normalized spacial score (nSPS) is 13.8. The maximum Gasteiger partial charge on any atom is 0.224 e. The van der Waals surface area contributed by atoms with Crippen LogP contribution in [0.4, 0.5) is 0 Å². The van der Waals surface area contributed by atoms with Crippen molar-refractivity contribution < 1.29 is 9.59 Å². The highest BCUT2D eigenvalue weighted by Crippen LogP contribution is 2.18. The summed E-state index contributed by atoms with van der Waals surface area (Å²) >= 11 is 0.